The van der Waals surface area contributed by atoms with Crippen molar-refractivity contribution < 1.29 is 14.4 Å². The summed E-state index contributed by atoms with van der Waals surface area (Å²) >= 11 is 0. The molecular formula is C23H21N3O3. The van der Waals surface area contributed by atoms with Gasteiger partial charge in [-0.15, -0.1) is 0 Å². The summed E-state index contributed by atoms with van der Waals surface area (Å²) in [4.78, 5) is 38.3. The fourth-order valence-electron chi connectivity index (χ4n) is 3.73. The second-order valence-electron chi connectivity index (χ2n) is 7.19. The molecule has 1 heterocycles. The lowest BCUT2D eigenvalue weighted by atomic mass is 10.1. The number of primary amides is 1. The van der Waals surface area contributed by atoms with E-state index in [4.69, 9.17) is 5.73 Å². The SMILES string of the molecule is NC(=O)c1cccc(CNC(=O)C2CC(=O)N(c3cccc4ccccc34)C2)c1. The first kappa shape index (κ1) is 18.7. The van der Waals surface area contributed by atoms with Crippen molar-refractivity contribution in [3.63, 3.8) is 0 Å². The Labute approximate surface area is 168 Å². The third-order valence-electron chi connectivity index (χ3n) is 5.23. The number of fused-ring (bicyclic) bond motifs is 1. The Morgan fingerprint density at radius 1 is 1.03 bits per heavy atom. The third kappa shape index (κ3) is 3.82. The Bertz CT molecular complexity index is 1100. The van der Waals surface area contributed by atoms with Crippen LogP contribution in [0, 0.1) is 5.92 Å². The normalized spacial score (nSPS) is 16.2. The van der Waals surface area contributed by atoms with Gasteiger partial charge in [-0.2, -0.15) is 0 Å². The van der Waals surface area contributed by atoms with E-state index in [2.05, 4.69) is 5.32 Å². The van der Waals surface area contributed by atoms with Crippen LogP contribution in [0.25, 0.3) is 10.8 Å². The highest BCUT2D eigenvalue weighted by atomic mass is 16.2. The number of nitrogens with two attached hydrogens (primary N) is 1. The number of carbonyl (C=O) groups is 3. The zero-order valence-electron chi connectivity index (χ0n) is 15.8. The van der Waals surface area contributed by atoms with Gasteiger partial charge < -0.3 is 16.0 Å². The molecule has 3 aromatic rings. The topological polar surface area (TPSA) is 92.5 Å². The van der Waals surface area contributed by atoms with Crippen molar-refractivity contribution in [3.8, 4) is 0 Å². The van der Waals surface area contributed by atoms with Crippen molar-refractivity contribution >= 4 is 34.2 Å². The Morgan fingerprint density at radius 2 is 1.79 bits per heavy atom. The average molecular weight is 387 g/mol. The largest absolute Gasteiger partial charge is 0.366 e. The smallest absolute Gasteiger partial charge is 0.248 e. The molecule has 29 heavy (non-hydrogen) atoms. The van der Waals surface area contributed by atoms with Crippen LogP contribution in [0.5, 0.6) is 0 Å². The van der Waals surface area contributed by atoms with Gasteiger partial charge in [-0.25, -0.2) is 0 Å². The Morgan fingerprint density at radius 3 is 2.62 bits per heavy atom. The van der Waals surface area contributed by atoms with Gasteiger partial charge in [0.15, 0.2) is 0 Å². The fraction of sp³-hybridized carbons (Fsp3) is 0.174. The summed E-state index contributed by atoms with van der Waals surface area (Å²) in [5.74, 6) is -1.16. The Kier molecular flexibility index (Phi) is 4.99. The molecule has 6 nitrogen and oxygen atoms in total. The van der Waals surface area contributed by atoms with Gasteiger partial charge >= 0.3 is 0 Å². The highest BCUT2D eigenvalue weighted by Crippen LogP contribution is 2.31. The van der Waals surface area contributed by atoms with Crippen LogP contribution in [0.2, 0.25) is 0 Å². The maximum absolute atomic E-state index is 12.6. The van der Waals surface area contributed by atoms with Crippen LogP contribution >= 0.6 is 0 Å². The third-order valence-corrected chi connectivity index (χ3v) is 5.23. The number of amides is 3. The second kappa shape index (κ2) is 7.75. The van der Waals surface area contributed by atoms with E-state index < -0.39 is 11.8 Å². The van der Waals surface area contributed by atoms with Gasteiger partial charge in [0.25, 0.3) is 0 Å². The number of anilines is 1. The molecule has 0 radical (unpaired) electrons. The van der Waals surface area contributed by atoms with E-state index in [1.54, 1.807) is 23.1 Å². The first-order valence-corrected chi connectivity index (χ1v) is 9.47. The van der Waals surface area contributed by atoms with Gasteiger partial charge in [0.2, 0.25) is 17.7 Å². The minimum Gasteiger partial charge on any atom is -0.366 e. The van der Waals surface area contributed by atoms with Gasteiger partial charge in [-0.3, -0.25) is 14.4 Å². The van der Waals surface area contributed by atoms with E-state index in [-0.39, 0.29) is 24.8 Å². The molecular weight excluding hydrogens is 366 g/mol. The zero-order valence-corrected chi connectivity index (χ0v) is 15.8. The molecule has 0 saturated carbocycles. The first-order chi connectivity index (χ1) is 14.0. The number of nitrogens with zero attached hydrogens (tertiary/aromatic N) is 1. The molecule has 0 bridgehead atoms. The van der Waals surface area contributed by atoms with Gasteiger partial charge in [-0.1, -0.05) is 48.5 Å². The minimum absolute atomic E-state index is 0.0581. The summed E-state index contributed by atoms with van der Waals surface area (Å²) < 4.78 is 0. The predicted molar refractivity (Wildman–Crippen MR) is 111 cm³/mol. The summed E-state index contributed by atoms with van der Waals surface area (Å²) in [6.45, 7) is 0.624. The molecule has 1 aliphatic heterocycles. The van der Waals surface area contributed by atoms with Gasteiger partial charge in [-0.05, 0) is 29.1 Å². The summed E-state index contributed by atoms with van der Waals surface area (Å²) in [5.41, 5.74) is 7.31. The number of hydrogen-bond acceptors (Lipinski definition) is 3. The van der Waals surface area contributed by atoms with Crippen LogP contribution in [-0.2, 0) is 16.1 Å². The van der Waals surface area contributed by atoms with E-state index in [0.29, 0.717) is 12.1 Å². The molecule has 1 saturated heterocycles. The predicted octanol–water partition coefficient (Wildman–Crippen LogP) is 2.61. The molecule has 146 valence electrons. The van der Waals surface area contributed by atoms with Crippen LogP contribution < -0.4 is 16.0 Å². The number of benzene rings is 3. The van der Waals surface area contributed by atoms with Crippen molar-refractivity contribution in [3.05, 3.63) is 77.9 Å². The molecule has 1 atom stereocenters. The van der Waals surface area contributed by atoms with E-state index in [1.807, 2.05) is 48.5 Å². The lowest BCUT2D eigenvalue weighted by Gasteiger charge is -2.19. The van der Waals surface area contributed by atoms with E-state index in [0.717, 1.165) is 22.0 Å². The maximum Gasteiger partial charge on any atom is 0.248 e. The quantitative estimate of drug-likeness (QED) is 0.705. The molecule has 1 aliphatic rings. The molecule has 3 N–H and O–H groups in total. The molecule has 1 unspecified atom stereocenters. The van der Waals surface area contributed by atoms with Gasteiger partial charge in [0.05, 0.1) is 11.6 Å². The number of carbonyl (C=O) groups excluding carboxylic acids is 3. The fourth-order valence-corrected chi connectivity index (χ4v) is 3.73. The number of nitrogens with one attached hydrogen (secondary N) is 1. The lowest BCUT2D eigenvalue weighted by Crippen LogP contribution is -2.32. The van der Waals surface area contributed by atoms with Crippen LogP contribution in [0.1, 0.15) is 22.3 Å². The minimum atomic E-state index is -0.509. The molecule has 0 aliphatic carbocycles. The van der Waals surface area contributed by atoms with Gasteiger partial charge in [0.1, 0.15) is 0 Å². The highest BCUT2D eigenvalue weighted by Gasteiger charge is 2.35. The Balaban J connectivity index is 1.45. The Hall–Kier alpha value is -3.67. The second-order valence-corrected chi connectivity index (χ2v) is 7.19. The van der Waals surface area contributed by atoms with Crippen molar-refractivity contribution in [2.24, 2.45) is 11.7 Å². The monoisotopic (exact) mass is 387 g/mol. The molecule has 1 fully saturated rings. The summed E-state index contributed by atoms with van der Waals surface area (Å²) in [7, 11) is 0. The molecule has 3 aromatic carbocycles. The van der Waals surface area contributed by atoms with Crippen LogP contribution in [0.15, 0.2) is 66.7 Å². The number of rotatable bonds is 5. The maximum atomic E-state index is 12.6. The first-order valence-electron chi connectivity index (χ1n) is 9.47. The average Bonchev–Trinajstić information content (AvgIpc) is 3.13. The summed E-state index contributed by atoms with van der Waals surface area (Å²) in [6, 6.07) is 20.6. The standard InChI is InChI=1S/C23H21N3O3/c24-22(28)17-8-3-5-15(11-17)13-25-23(29)18-12-21(27)26(14-18)20-10-4-7-16-6-1-2-9-19(16)20/h1-11,18H,12-14H2,(H2,24,28)(H,25,29). The van der Waals surface area contributed by atoms with Crippen molar-refractivity contribution in [1.82, 2.24) is 5.32 Å². The van der Waals surface area contributed by atoms with Crippen molar-refractivity contribution in [2.45, 2.75) is 13.0 Å². The van der Waals surface area contributed by atoms with E-state index in [9.17, 15) is 14.4 Å². The highest BCUT2D eigenvalue weighted by molar-refractivity contribution is 6.07. The lowest BCUT2D eigenvalue weighted by molar-refractivity contribution is -0.126. The van der Waals surface area contributed by atoms with Crippen LogP contribution in [-0.4, -0.2) is 24.3 Å². The van der Waals surface area contributed by atoms with E-state index >= 15 is 0 Å². The zero-order chi connectivity index (χ0) is 20.4. The van der Waals surface area contributed by atoms with Crippen LogP contribution in [0.3, 0.4) is 0 Å². The molecule has 0 aromatic heterocycles. The number of hydrogen-bond donors (Lipinski definition) is 2. The summed E-state index contributed by atoms with van der Waals surface area (Å²) in [6.07, 6.45) is 0.177. The van der Waals surface area contributed by atoms with E-state index in [1.165, 1.54) is 0 Å². The molecule has 3 amide bonds. The molecule has 4 rings (SSSR count). The van der Waals surface area contributed by atoms with Gasteiger partial charge in [0, 0.05) is 30.5 Å². The van der Waals surface area contributed by atoms with Crippen molar-refractivity contribution in [1.29, 1.82) is 0 Å². The molecule has 0 spiro atoms. The molecule has 6 heteroatoms. The van der Waals surface area contributed by atoms with Crippen LogP contribution in [0.4, 0.5) is 5.69 Å². The van der Waals surface area contributed by atoms with Crippen molar-refractivity contribution in [2.75, 3.05) is 11.4 Å². The summed E-state index contributed by atoms with van der Waals surface area (Å²) in [5, 5.41) is 4.92.